The highest BCUT2D eigenvalue weighted by Crippen LogP contribution is 2.35. The van der Waals surface area contributed by atoms with E-state index >= 15 is 0 Å². The Morgan fingerprint density at radius 2 is 1.59 bits per heavy atom. The fourth-order valence-corrected chi connectivity index (χ4v) is 5.48. The van der Waals surface area contributed by atoms with Crippen molar-refractivity contribution in [1.82, 2.24) is 19.4 Å². The molecule has 1 aliphatic rings. The summed E-state index contributed by atoms with van der Waals surface area (Å²) in [6.45, 7) is 5.55. The minimum absolute atomic E-state index is 0.0310. The van der Waals surface area contributed by atoms with E-state index in [1.54, 1.807) is 0 Å². The summed E-state index contributed by atoms with van der Waals surface area (Å²) in [6.07, 6.45) is 0.937. The number of benzene rings is 3. The Morgan fingerprint density at radius 3 is 2.35 bits per heavy atom. The summed E-state index contributed by atoms with van der Waals surface area (Å²) in [5.41, 5.74) is 4.16. The maximum atomic E-state index is 12.3. The molecule has 0 aliphatic carbocycles. The highest BCUT2D eigenvalue weighted by molar-refractivity contribution is 6.35. The standard InChI is InChI=1S/C27H28Cl2N4O/c28-21-11-12-22(23(29)19-21)26(20-7-2-1-3-8-20)32-17-15-31(16-18-32)13-6-14-33-25-10-5-4-9-24(25)30-27(33)34/h1-5,7-12,19,26H,6,13-18H2,(H,30,34). The normalized spacial score (nSPS) is 16.2. The molecule has 2 heterocycles. The van der Waals surface area contributed by atoms with Crippen LogP contribution in [0.15, 0.2) is 77.6 Å². The number of aromatic nitrogens is 2. The van der Waals surface area contributed by atoms with E-state index in [0.717, 1.165) is 62.3 Å². The van der Waals surface area contributed by atoms with Crippen LogP contribution in [0.1, 0.15) is 23.6 Å². The molecule has 0 amide bonds. The van der Waals surface area contributed by atoms with Crippen molar-refractivity contribution in [1.29, 1.82) is 0 Å². The van der Waals surface area contributed by atoms with Crippen molar-refractivity contribution in [2.45, 2.75) is 19.0 Å². The van der Waals surface area contributed by atoms with Gasteiger partial charge in [0.15, 0.2) is 0 Å². The van der Waals surface area contributed by atoms with Gasteiger partial charge in [0, 0.05) is 42.8 Å². The van der Waals surface area contributed by atoms with E-state index in [9.17, 15) is 4.79 Å². The van der Waals surface area contributed by atoms with E-state index in [4.69, 9.17) is 23.2 Å². The molecule has 1 aliphatic heterocycles. The maximum Gasteiger partial charge on any atom is 0.326 e. The first-order chi connectivity index (χ1) is 16.6. The number of rotatable bonds is 7. The summed E-state index contributed by atoms with van der Waals surface area (Å²) < 4.78 is 1.85. The molecule has 4 aromatic rings. The summed E-state index contributed by atoms with van der Waals surface area (Å²) in [5, 5.41) is 1.35. The summed E-state index contributed by atoms with van der Waals surface area (Å²) >= 11 is 12.8. The van der Waals surface area contributed by atoms with E-state index in [-0.39, 0.29) is 11.7 Å². The Kier molecular flexibility index (Phi) is 7.07. The number of H-pyrrole nitrogens is 1. The van der Waals surface area contributed by atoms with Crippen molar-refractivity contribution < 1.29 is 0 Å². The number of halogens is 2. The number of nitrogens with one attached hydrogen (secondary N) is 1. The SMILES string of the molecule is O=c1[nH]c2ccccc2n1CCCN1CCN(C(c2ccccc2)c2ccc(Cl)cc2Cl)CC1. The number of hydrogen-bond donors (Lipinski definition) is 1. The summed E-state index contributed by atoms with van der Waals surface area (Å²) in [7, 11) is 0. The van der Waals surface area contributed by atoms with Gasteiger partial charge in [0.25, 0.3) is 0 Å². The molecule has 0 bridgehead atoms. The fourth-order valence-electron chi connectivity index (χ4n) is 4.97. The second-order valence-electron chi connectivity index (χ2n) is 8.81. The zero-order valence-electron chi connectivity index (χ0n) is 19.0. The molecule has 1 saturated heterocycles. The van der Waals surface area contributed by atoms with Crippen LogP contribution in [0.4, 0.5) is 0 Å². The minimum atomic E-state index is -0.0310. The van der Waals surface area contributed by atoms with Gasteiger partial charge in [-0.15, -0.1) is 0 Å². The second-order valence-corrected chi connectivity index (χ2v) is 9.65. The van der Waals surface area contributed by atoms with Gasteiger partial charge in [-0.25, -0.2) is 4.79 Å². The first-order valence-electron chi connectivity index (χ1n) is 11.7. The smallest absolute Gasteiger partial charge is 0.306 e. The van der Waals surface area contributed by atoms with Crippen molar-refractivity contribution >= 4 is 34.2 Å². The van der Waals surface area contributed by atoms with Gasteiger partial charge >= 0.3 is 5.69 Å². The molecule has 5 nitrogen and oxygen atoms in total. The van der Waals surface area contributed by atoms with Crippen molar-refractivity contribution in [2.75, 3.05) is 32.7 Å². The molecular weight excluding hydrogens is 467 g/mol. The Labute approximate surface area is 209 Å². The number of aromatic amines is 1. The van der Waals surface area contributed by atoms with Crippen molar-refractivity contribution in [3.63, 3.8) is 0 Å². The minimum Gasteiger partial charge on any atom is -0.306 e. The Bertz CT molecular complexity index is 1310. The maximum absolute atomic E-state index is 12.3. The number of hydrogen-bond acceptors (Lipinski definition) is 3. The van der Waals surface area contributed by atoms with Gasteiger partial charge in [0.1, 0.15) is 0 Å². The number of imidazole rings is 1. The van der Waals surface area contributed by atoms with Crippen LogP contribution in [-0.4, -0.2) is 52.1 Å². The Morgan fingerprint density at radius 1 is 0.853 bits per heavy atom. The average Bonchev–Trinajstić information content (AvgIpc) is 3.17. The number of para-hydroxylation sites is 2. The van der Waals surface area contributed by atoms with Crippen LogP contribution in [-0.2, 0) is 6.54 Å². The molecule has 0 spiro atoms. The van der Waals surface area contributed by atoms with E-state index < -0.39 is 0 Å². The van der Waals surface area contributed by atoms with Crippen molar-refractivity contribution in [3.8, 4) is 0 Å². The van der Waals surface area contributed by atoms with Crippen LogP contribution in [0.25, 0.3) is 11.0 Å². The van der Waals surface area contributed by atoms with Gasteiger partial charge in [-0.05, 0) is 48.4 Å². The van der Waals surface area contributed by atoms with Gasteiger partial charge in [0.2, 0.25) is 0 Å². The van der Waals surface area contributed by atoms with Gasteiger partial charge < -0.3 is 9.88 Å². The lowest BCUT2D eigenvalue weighted by Gasteiger charge is -2.40. The molecule has 1 fully saturated rings. The van der Waals surface area contributed by atoms with Crippen molar-refractivity contribution in [2.24, 2.45) is 0 Å². The van der Waals surface area contributed by atoms with Crippen LogP contribution in [0.3, 0.4) is 0 Å². The third-order valence-electron chi connectivity index (χ3n) is 6.68. The fraction of sp³-hybridized carbons (Fsp3) is 0.296. The Balaban J connectivity index is 1.24. The molecule has 0 saturated carbocycles. The number of fused-ring (bicyclic) bond motifs is 1. The first-order valence-corrected chi connectivity index (χ1v) is 12.5. The van der Waals surface area contributed by atoms with Gasteiger partial charge in [-0.3, -0.25) is 9.47 Å². The zero-order valence-corrected chi connectivity index (χ0v) is 20.5. The highest BCUT2D eigenvalue weighted by Gasteiger charge is 2.27. The lowest BCUT2D eigenvalue weighted by molar-refractivity contribution is 0.108. The number of piperazine rings is 1. The average molecular weight is 495 g/mol. The largest absolute Gasteiger partial charge is 0.326 e. The molecule has 5 rings (SSSR count). The van der Waals surface area contributed by atoms with Gasteiger partial charge in [0.05, 0.1) is 17.1 Å². The molecule has 1 aromatic heterocycles. The molecule has 1 unspecified atom stereocenters. The lowest BCUT2D eigenvalue weighted by atomic mass is 9.96. The molecular formula is C27H28Cl2N4O. The molecule has 3 aromatic carbocycles. The van der Waals surface area contributed by atoms with Crippen LogP contribution in [0.2, 0.25) is 10.0 Å². The van der Waals surface area contributed by atoms with Gasteiger partial charge in [-0.2, -0.15) is 0 Å². The number of nitrogens with zero attached hydrogens (tertiary/aromatic N) is 3. The monoisotopic (exact) mass is 494 g/mol. The molecule has 7 heteroatoms. The van der Waals surface area contributed by atoms with Gasteiger partial charge in [-0.1, -0.05) is 71.7 Å². The first kappa shape index (κ1) is 23.2. The summed E-state index contributed by atoms with van der Waals surface area (Å²) in [6, 6.07) is 24.3. The molecule has 1 N–H and O–H groups in total. The quantitative estimate of drug-likeness (QED) is 0.372. The molecule has 34 heavy (non-hydrogen) atoms. The van der Waals surface area contributed by atoms with Crippen LogP contribution >= 0.6 is 23.2 Å². The number of aryl methyl sites for hydroxylation is 1. The van der Waals surface area contributed by atoms with E-state index in [0.29, 0.717) is 10.0 Å². The van der Waals surface area contributed by atoms with E-state index in [1.807, 2.05) is 53.1 Å². The second kappa shape index (κ2) is 10.4. The molecule has 176 valence electrons. The third kappa shape index (κ3) is 4.93. The van der Waals surface area contributed by atoms with E-state index in [1.165, 1.54) is 5.56 Å². The van der Waals surface area contributed by atoms with E-state index in [2.05, 4.69) is 39.0 Å². The summed E-state index contributed by atoms with van der Waals surface area (Å²) in [4.78, 5) is 20.3. The van der Waals surface area contributed by atoms with Crippen LogP contribution < -0.4 is 5.69 Å². The van der Waals surface area contributed by atoms with Crippen LogP contribution in [0.5, 0.6) is 0 Å². The predicted molar refractivity (Wildman–Crippen MR) is 140 cm³/mol. The third-order valence-corrected chi connectivity index (χ3v) is 7.24. The van der Waals surface area contributed by atoms with Crippen molar-refractivity contribution in [3.05, 3.63) is 104 Å². The highest BCUT2D eigenvalue weighted by atomic mass is 35.5. The zero-order chi connectivity index (χ0) is 23.5. The Hall–Kier alpha value is -2.57. The molecule has 1 atom stereocenters. The molecule has 0 radical (unpaired) electrons. The lowest BCUT2D eigenvalue weighted by Crippen LogP contribution is -2.48. The predicted octanol–water partition coefficient (Wildman–Crippen LogP) is 5.43. The summed E-state index contributed by atoms with van der Waals surface area (Å²) in [5.74, 6) is 0. The van der Waals surface area contributed by atoms with Crippen LogP contribution in [0, 0.1) is 0 Å². The topological polar surface area (TPSA) is 44.3 Å².